The zero-order valence-electron chi connectivity index (χ0n) is 11.6. The molecule has 0 bridgehead atoms. The zero-order valence-corrected chi connectivity index (χ0v) is 13.2. The van der Waals surface area contributed by atoms with E-state index in [0.717, 1.165) is 24.1 Å². The molecule has 0 unspecified atom stereocenters. The fourth-order valence-corrected chi connectivity index (χ4v) is 2.20. The number of rotatable bonds is 5. The summed E-state index contributed by atoms with van der Waals surface area (Å²) in [5, 5.41) is 3.62. The van der Waals surface area contributed by atoms with Crippen molar-refractivity contribution < 1.29 is 4.79 Å². The van der Waals surface area contributed by atoms with Crippen LogP contribution in [0.4, 0.5) is 5.69 Å². The Morgan fingerprint density at radius 1 is 1.37 bits per heavy atom. The van der Waals surface area contributed by atoms with E-state index < -0.39 is 5.41 Å². The lowest BCUT2D eigenvalue weighted by atomic mass is 9.81. The molecule has 0 saturated carbocycles. The number of amides is 1. The van der Waals surface area contributed by atoms with E-state index in [1.54, 1.807) is 6.07 Å². The third-order valence-corrected chi connectivity index (χ3v) is 3.90. The highest BCUT2D eigenvalue weighted by molar-refractivity contribution is 6.30. The summed E-state index contributed by atoms with van der Waals surface area (Å²) in [6.07, 6.45) is 1.47. The average molecular weight is 305 g/mol. The van der Waals surface area contributed by atoms with Crippen LogP contribution in [0.2, 0.25) is 5.02 Å². The first kappa shape index (κ1) is 18.2. The van der Waals surface area contributed by atoms with Gasteiger partial charge in [0, 0.05) is 17.3 Å². The number of aryl methyl sites for hydroxylation is 1. The van der Waals surface area contributed by atoms with Crippen molar-refractivity contribution in [3.8, 4) is 0 Å². The topological polar surface area (TPSA) is 55.1 Å². The first-order valence-corrected chi connectivity index (χ1v) is 6.64. The molecule has 5 heteroatoms. The van der Waals surface area contributed by atoms with Gasteiger partial charge in [-0.3, -0.25) is 4.79 Å². The Kier molecular flexibility index (Phi) is 7.42. The van der Waals surface area contributed by atoms with Gasteiger partial charge in [0.1, 0.15) is 0 Å². The van der Waals surface area contributed by atoms with Gasteiger partial charge in [-0.15, -0.1) is 12.4 Å². The third-order valence-electron chi connectivity index (χ3n) is 3.66. The molecule has 0 radical (unpaired) electrons. The Balaban J connectivity index is 0.00000324. The summed E-state index contributed by atoms with van der Waals surface area (Å²) in [7, 11) is 0. The maximum absolute atomic E-state index is 12.3. The number of benzene rings is 1. The Bertz CT molecular complexity index is 423. The molecule has 0 heterocycles. The predicted octanol–water partition coefficient (Wildman–Crippen LogP) is 3.77. The van der Waals surface area contributed by atoms with Gasteiger partial charge in [-0.1, -0.05) is 25.4 Å². The number of anilines is 1. The van der Waals surface area contributed by atoms with Gasteiger partial charge in [0.25, 0.3) is 0 Å². The van der Waals surface area contributed by atoms with Crippen molar-refractivity contribution in [2.45, 2.75) is 33.6 Å². The number of halogens is 2. The number of hydrogen-bond acceptors (Lipinski definition) is 2. The fraction of sp³-hybridized carbons (Fsp3) is 0.500. The summed E-state index contributed by atoms with van der Waals surface area (Å²) in [6.45, 7) is 6.26. The Labute approximate surface area is 126 Å². The van der Waals surface area contributed by atoms with Crippen LogP contribution >= 0.6 is 24.0 Å². The third kappa shape index (κ3) is 4.10. The molecule has 0 aliphatic carbocycles. The number of carbonyl (C=O) groups excluding carboxylic acids is 1. The standard InChI is InChI=1S/C14H21ClN2O.ClH/c1-4-14(5-2,9-16)13(18)17-12-7-6-11(15)8-10(12)3;/h6-8H,4-5,9,16H2,1-3H3,(H,17,18);1H. The molecule has 3 nitrogen and oxygen atoms in total. The molecular formula is C14H22Cl2N2O. The molecule has 0 saturated heterocycles. The number of nitrogens with one attached hydrogen (secondary N) is 1. The normalized spacial score (nSPS) is 10.8. The van der Waals surface area contributed by atoms with Crippen LogP contribution in [-0.2, 0) is 4.79 Å². The summed E-state index contributed by atoms with van der Waals surface area (Å²) in [5.74, 6) is -0.0135. The van der Waals surface area contributed by atoms with Crippen LogP contribution in [0.25, 0.3) is 0 Å². The summed E-state index contributed by atoms with van der Waals surface area (Å²) in [4.78, 5) is 12.3. The van der Waals surface area contributed by atoms with Gasteiger partial charge in [-0.25, -0.2) is 0 Å². The molecule has 1 aromatic carbocycles. The highest BCUT2D eigenvalue weighted by atomic mass is 35.5. The molecule has 1 aromatic rings. The lowest BCUT2D eigenvalue weighted by molar-refractivity contribution is -0.125. The van der Waals surface area contributed by atoms with Crippen LogP contribution in [0.1, 0.15) is 32.3 Å². The SMILES string of the molecule is CCC(CC)(CN)C(=O)Nc1ccc(Cl)cc1C.Cl. The Morgan fingerprint density at radius 3 is 2.37 bits per heavy atom. The van der Waals surface area contributed by atoms with Gasteiger partial charge in [-0.05, 0) is 43.5 Å². The molecule has 1 amide bonds. The average Bonchev–Trinajstić information content (AvgIpc) is 2.36. The number of nitrogens with two attached hydrogens (primary N) is 1. The smallest absolute Gasteiger partial charge is 0.231 e. The molecule has 19 heavy (non-hydrogen) atoms. The van der Waals surface area contributed by atoms with Crippen molar-refractivity contribution in [2.24, 2.45) is 11.1 Å². The summed E-state index contributed by atoms with van der Waals surface area (Å²) in [6, 6.07) is 5.42. The Hall–Kier alpha value is -0.770. The van der Waals surface area contributed by atoms with E-state index in [4.69, 9.17) is 17.3 Å². The Morgan fingerprint density at radius 2 is 1.95 bits per heavy atom. The minimum absolute atomic E-state index is 0. The summed E-state index contributed by atoms with van der Waals surface area (Å²) >= 11 is 5.89. The second kappa shape index (κ2) is 7.73. The molecule has 0 aliphatic rings. The van der Waals surface area contributed by atoms with Crippen molar-refractivity contribution in [1.82, 2.24) is 0 Å². The molecule has 108 valence electrons. The maximum Gasteiger partial charge on any atom is 0.231 e. The van der Waals surface area contributed by atoms with Gasteiger partial charge >= 0.3 is 0 Å². The summed E-state index contributed by atoms with van der Waals surface area (Å²) in [5.41, 5.74) is 7.03. The second-order valence-corrected chi connectivity index (χ2v) is 5.04. The van der Waals surface area contributed by atoms with Crippen molar-refractivity contribution in [2.75, 3.05) is 11.9 Å². The second-order valence-electron chi connectivity index (χ2n) is 4.60. The monoisotopic (exact) mass is 304 g/mol. The van der Waals surface area contributed by atoms with Gasteiger partial charge < -0.3 is 11.1 Å². The highest BCUT2D eigenvalue weighted by Crippen LogP contribution is 2.28. The van der Waals surface area contributed by atoms with Crippen molar-refractivity contribution >= 4 is 35.6 Å². The van der Waals surface area contributed by atoms with Crippen LogP contribution in [0.15, 0.2) is 18.2 Å². The van der Waals surface area contributed by atoms with Crippen LogP contribution in [0, 0.1) is 12.3 Å². The molecular weight excluding hydrogens is 283 g/mol. The van der Waals surface area contributed by atoms with Crippen molar-refractivity contribution in [1.29, 1.82) is 0 Å². The van der Waals surface area contributed by atoms with Gasteiger partial charge in [0.15, 0.2) is 0 Å². The highest BCUT2D eigenvalue weighted by Gasteiger charge is 2.33. The van der Waals surface area contributed by atoms with E-state index >= 15 is 0 Å². The number of hydrogen-bond donors (Lipinski definition) is 2. The quantitative estimate of drug-likeness (QED) is 0.870. The molecule has 1 rings (SSSR count). The van der Waals surface area contributed by atoms with Gasteiger partial charge in [0.05, 0.1) is 5.41 Å². The minimum Gasteiger partial charge on any atom is -0.329 e. The van der Waals surface area contributed by atoms with E-state index in [0.29, 0.717) is 11.6 Å². The summed E-state index contributed by atoms with van der Waals surface area (Å²) < 4.78 is 0. The minimum atomic E-state index is -0.480. The number of carbonyl (C=O) groups is 1. The van der Waals surface area contributed by atoms with E-state index in [1.165, 1.54) is 0 Å². The van der Waals surface area contributed by atoms with Gasteiger partial charge in [0.2, 0.25) is 5.91 Å². The molecule has 0 aliphatic heterocycles. The van der Waals surface area contributed by atoms with Crippen LogP contribution < -0.4 is 11.1 Å². The fourth-order valence-electron chi connectivity index (χ4n) is 1.97. The molecule has 0 fully saturated rings. The van der Waals surface area contributed by atoms with Crippen LogP contribution in [0.3, 0.4) is 0 Å². The van der Waals surface area contributed by atoms with Crippen molar-refractivity contribution in [3.63, 3.8) is 0 Å². The van der Waals surface area contributed by atoms with E-state index in [9.17, 15) is 4.79 Å². The predicted molar refractivity (Wildman–Crippen MR) is 84.1 cm³/mol. The van der Waals surface area contributed by atoms with Crippen LogP contribution in [-0.4, -0.2) is 12.5 Å². The zero-order chi connectivity index (χ0) is 13.8. The maximum atomic E-state index is 12.3. The van der Waals surface area contributed by atoms with E-state index in [-0.39, 0.29) is 18.3 Å². The van der Waals surface area contributed by atoms with E-state index in [1.807, 2.05) is 32.9 Å². The van der Waals surface area contributed by atoms with E-state index in [2.05, 4.69) is 5.32 Å². The molecule has 0 spiro atoms. The molecule has 3 N–H and O–H groups in total. The lowest BCUT2D eigenvalue weighted by Crippen LogP contribution is -2.41. The van der Waals surface area contributed by atoms with Gasteiger partial charge in [-0.2, -0.15) is 0 Å². The molecule has 0 atom stereocenters. The van der Waals surface area contributed by atoms with Crippen LogP contribution in [0.5, 0.6) is 0 Å². The lowest BCUT2D eigenvalue weighted by Gasteiger charge is -2.28. The first-order valence-electron chi connectivity index (χ1n) is 6.26. The molecule has 0 aromatic heterocycles. The van der Waals surface area contributed by atoms with Crippen molar-refractivity contribution in [3.05, 3.63) is 28.8 Å². The first-order chi connectivity index (χ1) is 8.49. The largest absolute Gasteiger partial charge is 0.329 e.